The molecule has 6 heteroatoms. The molecule has 0 aromatic heterocycles. The first kappa shape index (κ1) is 11.5. The lowest BCUT2D eigenvalue weighted by molar-refractivity contribution is -0.116. The smallest absolute Gasteiger partial charge is 0.328 e. The van der Waals surface area contributed by atoms with Gasteiger partial charge in [-0.05, 0) is 23.6 Å². The molecule has 2 N–H and O–H groups in total. The van der Waals surface area contributed by atoms with Gasteiger partial charge in [0.25, 0.3) is 0 Å². The van der Waals surface area contributed by atoms with Crippen LogP contribution in [0.15, 0.2) is 18.2 Å². The molecular formula is C13H12N4O2. The van der Waals surface area contributed by atoms with Gasteiger partial charge in [-0.2, -0.15) is 5.26 Å². The first-order valence-electron chi connectivity index (χ1n) is 6.08. The van der Waals surface area contributed by atoms with E-state index >= 15 is 0 Å². The number of nitriles is 1. The highest BCUT2D eigenvalue weighted by Gasteiger charge is 2.30. The molecule has 0 aliphatic carbocycles. The number of carbonyl (C=O) groups excluding carboxylic acids is 2. The fraction of sp³-hybridized carbons (Fsp3) is 0.308. The number of rotatable bonds is 1. The van der Waals surface area contributed by atoms with Crippen LogP contribution in [0.5, 0.6) is 0 Å². The summed E-state index contributed by atoms with van der Waals surface area (Å²) in [6.07, 6.45) is 3.04. The van der Waals surface area contributed by atoms with E-state index in [-0.39, 0.29) is 18.0 Å². The van der Waals surface area contributed by atoms with Gasteiger partial charge in [-0.3, -0.25) is 4.79 Å². The van der Waals surface area contributed by atoms with E-state index in [2.05, 4.69) is 10.6 Å². The fourth-order valence-electron chi connectivity index (χ4n) is 2.43. The third-order valence-electron chi connectivity index (χ3n) is 3.46. The number of amides is 3. The van der Waals surface area contributed by atoms with Crippen LogP contribution in [0.2, 0.25) is 0 Å². The van der Waals surface area contributed by atoms with Gasteiger partial charge in [0.1, 0.15) is 0 Å². The van der Waals surface area contributed by atoms with E-state index in [1.807, 2.05) is 24.4 Å². The van der Waals surface area contributed by atoms with Crippen molar-refractivity contribution in [3.8, 4) is 6.19 Å². The van der Waals surface area contributed by atoms with Gasteiger partial charge in [-0.15, -0.1) is 0 Å². The van der Waals surface area contributed by atoms with E-state index < -0.39 is 0 Å². The van der Waals surface area contributed by atoms with Crippen LogP contribution >= 0.6 is 0 Å². The Morgan fingerprint density at radius 2 is 2.16 bits per heavy atom. The van der Waals surface area contributed by atoms with Crippen LogP contribution in [-0.4, -0.2) is 23.4 Å². The van der Waals surface area contributed by atoms with E-state index in [9.17, 15) is 9.59 Å². The van der Waals surface area contributed by atoms with E-state index in [1.165, 1.54) is 0 Å². The predicted octanol–water partition coefficient (Wildman–Crippen LogP) is 1.12. The van der Waals surface area contributed by atoms with Crippen molar-refractivity contribution in [2.24, 2.45) is 0 Å². The van der Waals surface area contributed by atoms with Crippen LogP contribution in [0.4, 0.5) is 10.5 Å². The second kappa shape index (κ2) is 4.28. The zero-order chi connectivity index (χ0) is 13.4. The first-order chi connectivity index (χ1) is 9.17. The lowest BCUT2D eigenvalue weighted by atomic mass is 9.97. The van der Waals surface area contributed by atoms with Gasteiger partial charge in [0.15, 0.2) is 6.19 Å². The zero-order valence-electron chi connectivity index (χ0n) is 10.1. The molecule has 0 saturated carbocycles. The standard InChI is InChI=1S/C13H12N4O2/c14-7-17-6-11(16-13(17)19)9-1-3-10-8(5-9)2-4-12(18)15-10/h1,3,5,11H,2,4,6H2,(H,15,18)(H,16,19). The Morgan fingerprint density at radius 3 is 2.89 bits per heavy atom. The maximum absolute atomic E-state index is 11.5. The largest absolute Gasteiger partial charge is 0.331 e. The van der Waals surface area contributed by atoms with Crippen LogP contribution in [0, 0.1) is 11.5 Å². The van der Waals surface area contributed by atoms with Gasteiger partial charge in [0.2, 0.25) is 5.91 Å². The summed E-state index contributed by atoms with van der Waals surface area (Å²) in [6.45, 7) is 0.348. The number of carbonyl (C=O) groups is 2. The third-order valence-corrected chi connectivity index (χ3v) is 3.46. The number of hydrogen-bond donors (Lipinski definition) is 2. The van der Waals surface area contributed by atoms with Crippen molar-refractivity contribution in [2.75, 3.05) is 11.9 Å². The van der Waals surface area contributed by atoms with Gasteiger partial charge in [0.05, 0.1) is 12.6 Å². The van der Waals surface area contributed by atoms with Gasteiger partial charge in [0, 0.05) is 12.1 Å². The molecule has 2 aliphatic rings. The van der Waals surface area contributed by atoms with Crippen molar-refractivity contribution in [1.82, 2.24) is 10.2 Å². The lowest BCUT2D eigenvalue weighted by Gasteiger charge is -2.19. The Kier molecular flexibility index (Phi) is 2.60. The minimum Gasteiger partial charge on any atom is -0.328 e. The lowest BCUT2D eigenvalue weighted by Crippen LogP contribution is -2.23. The summed E-state index contributed by atoms with van der Waals surface area (Å²) in [6, 6.07) is 5.17. The highest BCUT2D eigenvalue weighted by atomic mass is 16.2. The normalized spacial score (nSPS) is 21.4. The first-order valence-corrected chi connectivity index (χ1v) is 6.08. The van der Waals surface area contributed by atoms with Crippen molar-refractivity contribution in [1.29, 1.82) is 5.26 Å². The summed E-state index contributed by atoms with van der Waals surface area (Å²) in [5, 5.41) is 14.4. The number of fused-ring (bicyclic) bond motifs is 1. The van der Waals surface area contributed by atoms with Gasteiger partial charge < -0.3 is 10.6 Å². The van der Waals surface area contributed by atoms with Crippen molar-refractivity contribution in [3.05, 3.63) is 29.3 Å². The average Bonchev–Trinajstić information content (AvgIpc) is 2.79. The quantitative estimate of drug-likeness (QED) is 0.738. The van der Waals surface area contributed by atoms with Crippen molar-refractivity contribution in [2.45, 2.75) is 18.9 Å². The summed E-state index contributed by atoms with van der Waals surface area (Å²) < 4.78 is 0. The van der Waals surface area contributed by atoms with Crippen LogP contribution in [0.3, 0.4) is 0 Å². The maximum Gasteiger partial charge on any atom is 0.331 e. The van der Waals surface area contributed by atoms with E-state index in [0.717, 1.165) is 21.7 Å². The molecule has 1 aromatic carbocycles. The van der Waals surface area contributed by atoms with Crippen molar-refractivity contribution in [3.63, 3.8) is 0 Å². The molecule has 0 spiro atoms. The second-order valence-corrected chi connectivity index (χ2v) is 4.68. The molecule has 96 valence electrons. The van der Waals surface area contributed by atoms with E-state index in [4.69, 9.17) is 5.26 Å². The van der Waals surface area contributed by atoms with E-state index in [1.54, 1.807) is 0 Å². The summed E-state index contributed by atoms with van der Waals surface area (Å²) >= 11 is 0. The Hall–Kier alpha value is -2.55. The summed E-state index contributed by atoms with van der Waals surface area (Å²) in [7, 11) is 0. The molecule has 0 radical (unpaired) electrons. The van der Waals surface area contributed by atoms with E-state index in [0.29, 0.717) is 19.4 Å². The molecule has 1 fully saturated rings. The average molecular weight is 256 g/mol. The van der Waals surface area contributed by atoms with Crippen LogP contribution in [-0.2, 0) is 11.2 Å². The number of aryl methyl sites for hydroxylation is 1. The fourth-order valence-corrected chi connectivity index (χ4v) is 2.43. The molecule has 3 rings (SSSR count). The summed E-state index contributed by atoms with van der Waals surface area (Å²) in [5.41, 5.74) is 2.87. The molecule has 6 nitrogen and oxygen atoms in total. The Balaban J connectivity index is 1.86. The number of anilines is 1. The molecule has 3 amide bonds. The molecule has 0 bridgehead atoms. The highest BCUT2D eigenvalue weighted by molar-refractivity contribution is 5.93. The molecule has 1 aromatic rings. The zero-order valence-corrected chi connectivity index (χ0v) is 10.1. The minimum atomic E-state index is -0.362. The monoisotopic (exact) mass is 256 g/mol. The van der Waals surface area contributed by atoms with Crippen molar-refractivity contribution >= 4 is 17.6 Å². The molecule has 1 atom stereocenters. The molecule has 19 heavy (non-hydrogen) atoms. The van der Waals surface area contributed by atoms with Crippen LogP contribution < -0.4 is 10.6 Å². The van der Waals surface area contributed by atoms with Gasteiger partial charge in [-0.25, -0.2) is 9.69 Å². The summed E-state index contributed by atoms with van der Waals surface area (Å²) in [5.74, 6) is 0.0325. The number of hydrogen-bond acceptors (Lipinski definition) is 3. The molecule has 1 saturated heterocycles. The summed E-state index contributed by atoms with van der Waals surface area (Å²) in [4.78, 5) is 23.8. The van der Waals surface area contributed by atoms with Crippen LogP contribution in [0.1, 0.15) is 23.6 Å². The Morgan fingerprint density at radius 1 is 1.32 bits per heavy atom. The maximum atomic E-state index is 11.5. The number of urea groups is 1. The number of nitrogens with one attached hydrogen (secondary N) is 2. The minimum absolute atomic E-state index is 0.0325. The molecular weight excluding hydrogens is 244 g/mol. The topological polar surface area (TPSA) is 85.2 Å². The number of benzene rings is 1. The van der Waals surface area contributed by atoms with Crippen LogP contribution in [0.25, 0.3) is 0 Å². The van der Waals surface area contributed by atoms with Gasteiger partial charge >= 0.3 is 6.03 Å². The SMILES string of the molecule is N#CN1CC(c2ccc3c(c2)CCC(=O)N3)NC1=O. The third kappa shape index (κ3) is 1.99. The van der Waals surface area contributed by atoms with Gasteiger partial charge in [-0.1, -0.05) is 12.1 Å². The van der Waals surface area contributed by atoms with Crippen molar-refractivity contribution < 1.29 is 9.59 Å². The molecule has 2 heterocycles. The second-order valence-electron chi connectivity index (χ2n) is 4.68. The highest BCUT2D eigenvalue weighted by Crippen LogP contribution is 2.28. The predicted molar refractivity (Wildman–Crippen MR) is 67.0 cm³/mol. The Labute approximate surface area is 110 Å². The Bertz CT molecular complexity index is 605. The molecule has 2 aliphatic heterocycles. The molecule has 1 unspecified atom stereocenters. The number of nitrogens with zero attached hydrogens (tertiary/aromatic N) is 2.